The van der Waals surface area contributed by atoms with Gasteiger partial charge in [0.15, 0.2) is 5.69 Å². The van der Waals surface area contributed by atoms with Gasteiger partial charge in [0.05, 0.1) is 24.2 Å². The Kier molecular flexibility index (Phi) is 2.32. The van der Waals surface area contributed by atoms with E-state index in [0.29, 0.717) is 12.1 Å². The molecule has 0 saturated heterocycles. The normalized spacial score (nSPS) is 24.7. The highest BCUT2D eigenvalue weighted by molar-refractivity contribution is 5.87. The van der Waals surface area contributed by atoms with Crippen molar-refractivity contribution in [2.24, 2.45) is 0 Å². The lowest BCUT2D eigenvalue weighted by Crippen LogP contribution is -2.14. The first kappa shape index (κ1) is 9.92. The van der Waals surface area contributed by atoms with Crippen LogP contribution in [0.4, 0.5) is 0 Å². The number of aryl methyl sites for hydroxylation is 1. The van der Waals surface area contributed by atoms with Gasteiger partial charge in [0, 0.05) is 6.42 Å². The van der Waals surface area contributed by atoms with Crippen LogP contribution >= 0.6 is 0 Å². The van der Waals surface area contributed by atoms with Gasteiger partial charge in [0.2, 0.25) is 0 Å². The maximum absolute atomic E-state index is 11.0. The van der Waals surface area contributed by atoms with Gasteiger partial charge in [-0.05, 0) is 6.92 Å². The Labute approximate surface area is 86.7 Å². The standard InChI is InChI=1S/C10H12N2O3/c1-6-9(10(14)15)12(5-11-6)7-2-3-8(13)4-7/h2-3,5,7-8,13H,4H2,1H3,(H,14,15)/t7-,8-/m1/s1. The van der Waals surface area contributed by atoms with E-state index in [1.54, 1.807) is 23.6 Å². The first-order valence-corrected chi connectivity index (χ1v) is 4.72. The van der Waals surface area contributed by atoms with Crippen molar-refractivity contribution < 1.29 is 15.0 Å². The van der Waals surface area contributed by atoms with Crippen LogP contribution in [-0.2, 0) is 0 Å². The molecule has 1 aromatic heterocycles. The van der Waals surface area contributed by atoms with Gasteiger partial charge in [-0.15, -0.1) is 0 Å². The maximum atomic E-state index is 11.0. The first-order valence-electron chi connectivity index (χ1n) is 4.72. The van der Waals surface area contributed by atoms with Gasteiger partial charge in [0.25, 0.3) is 0 Å². The van der Waals surface area contributed by atoms with Crippen molar-refractivity contribution in [3.05, 3.63) is 29.9 Å². The summed E-state index contributed by atoms with van der Waals surface area (Å²) in [6.07, 6.45) is 5.01. The number of imidazole rings is 1. The molecule has 2 rings (SSSR count). The fourth-order valence-electron chi connectivity index (χ4n) is 1.84. The Balaban J connectivity index is 2.37. The first-order chi connectivity index (χ1) is 7.09. The minimum atomic E-state index is -0.986. The summed E-state index contributed by atoms with van der Waals surface area (Å²) >= 11 is 0. The molecule has 1 heterocycles. The summed E-state index contributed by atoms with van der Waals surface area (Å²) in [5.41, 5.74) is 0.691. The molecule has 0 unspecified atom stereocenters. The van der Waals surface area contributed by atoms with Crippen molar-refractivity contribution in [1.82, 2.24) is 9.55 Å². The number of carbonyl (C=O) groups is 1. The number of aromatic nitrogens is 2. The smallest absolute Gasteiger partial charge is 0.354 e. The van der Waals surface area contributed by atoms with Crippen molar-refractivity contribution in [3.8, 4) is 0 Å². The lowest BCUT2D eigenvalue weighted by atomic mass is 10.2. The number of carboxylic acid groups (broad SMARTS) is 1. The number of carboxylic acids is 1. The summed E-state index contributed by atoms with van der Waals surface area (Å²) in [6.45, 7) is 1.66. The Morgan fingerprint density at radius 2 is 2.33 bits per heavy atom. The van der Waals surface area contributed by atoms with Crippen LogP contribution in [0.1, 0.15) is 28.6 Å². The molecule has 5 nitrogen and oxygen atoms in total. The minimum absolute atomic E-state index is 0.104. The number of aliphatic hydroxyl groups is 1. The summed E-state index contributed by atoms with van der Waals surface area (Å²) < 4.78 is 1.59. The monoisotopic (exact) mass is 208 g/mol. The number of hydrogen-bond donors (Lipinski definition) is 2. The van der Waals surface area contributed by atoms with E-state index in [2.05, 4.69) is 4.98 Å². The summed E-state index contributed by atoms with van der Waals surface area (Å²) in [7, 11) is 0. The average Bonchev–Trinajstić information content (AvgIpc) is 2.71. The van der Waals surface area contributed by atoms with Crippen molar-refractivity contribution in [1.29, 1.82) is 0 Å². The van der Waals surface area contributed by atoms with E-state index in [9.17, 15) is 9.90 Å². The van der Waals surface area contributed by atoms with E-state index in [0.717, 1.165) is 0 Å². The Morgan fingerprint density at radius 1 is 1.60 bits per heavy atom. The zero-order chi connectivity index (χ0) is 11.0. The van der Waals surface area contributed by atoms with Crippen LogP contribution in [0.25, 0.3) is 0 Å². The third kappa shape index (κ3) is 1.66. The number of nitrogens with zero attached hydrogens (tertiary/aromatic N) is 2. The van der Waals surface area contributed by atoms with Crippen LogP contribution in [-0.4, -0.2) is 31.8 Å². The molecule has 0 saturated carbocycles. The van der Waals surface area contributed by atoms with E-state index >= 15 is 0 Å². The van der Waals surface area contributed by atoms with Crippen LogP contribution in [0, 0.1) is 6.92 Å². The van der Waals surface area contributed by atoms with Crippen molar-refractivity contribution in [3.63, 3.8) is 0 Å². The Hall–Kier alpha value is -1.62. The molecule has 15 heavy (non-hydrogen) atoms. The predicted octanol–water partition coefficient (Wildman–Crippen LogP) is 0.752. The highest BCUT2D eigenvalue weighted by Gasteiger charge is 2.24. The van der Waals surface area contributed by atoms with Gasteiger partial charge in [-0.25, -0.2) is 9.78 Å². The minimum Gasteiger partial charge on any atom is -0.477 e. The lowest BCUT2D eigenvalue weighted by molar-refractivity contribution is 0.0681. The van der Waals surface area contributed by atoms with Crippen molar-refractivity contribution in [2.75, 3.05) is 0 Å². The number of aliphatic hydroxyl groups excluding tert-OH is 1. The Bertz CT molecular complexity index is 422. The van der Waals surface area contributed by atoms with E-state index in [1.807, 2.05) is 0 Å². The molecule has 0 spiro atoms. The molecule has 0 aromatic carbocycles. The van der Waals surface area contributed by atoms with Crippen molar-refractivity contribution >= 4 is 5.97 Å². The molecule has 1 aliphatic carbocycles. The van der Waals surface area contributed by atoms with Gasteiger partial charge in [-0.1, -0.05) is 12.2 Å². The largest absolute Gasteiger partial charge is 0.477 e. The molecular weight excluding hydrogens is 196 g/mol. The highest BCUT2D eigenvalue weighted by Crippen LogP contribution is 2.25. The molecule has 0 fully saturated rings. The van der Waals surface area contributed by atoms with Gasteiger partial charge in [-0.3, -0.25) is 0 Å². The van der Waals surface area contributed by atoms with Crippen LogP contribution < -0.4 is 0 Å². The molecule has 5 heteroatoms. The van der Waals surface area contributed by atoms with Gasteiger partial charge < -0.3 is 14.8 Å². The predicted molar refractivity (Wildman–Crippen MR) is 52.7 cm³/mol. The topological polar surface area (TPSA) is 75.3 Å². The second-order valence-electron chi connectivity index (χ2n) is 3.65. The van der Waals surface area contributed by atoms with E-state index in [4.69, 9.17) is 5.11 Å². The second kappa shape index (κ2) is 3.51. The molecule has 80 valence electrons. The third-order valence-electron chi connectivity index (χ3n) is 2.57. The SMILES string of the molecule is Cc1ncn([C@@H]2C=C[C@@H](O)C2)c1C(=O)O. The van der Waals surface area contributed by atoms with Crippen LogP contribution in [0.15, 0.2) is 18.5 Å². The average molecular weight is 208 g/mol. The van der Waals surface area contributed by atoms with E-state index in [1.165, 1.54) is 6.33 Å². The summed E-state index contributed by atoms with van der Waals surface area (Å²) in [4.78, 5) is 15.0. The van der Waals surface area contributed by atoms with Gasteiger partial charge >= 0.3 is 5.97 Å². The summed E-state index contributed by atoms with van der Waals surface area (Å²) in [5.74, 6) is -0.986. The fraction of sp³-hybridized carbons (Fsp3) is 0.400. The molecule has 1 aliphatic rings. The molecule has 2 N–H and O–H groups in total. The van der Waals surface area contributed by atoms with E-state index in [-0.39, 0.29) is 11.7 Å². The maximum Gasteiger partial charge on any atom is 0.354 e. The van der Waals surface area contributed by atoms with Crippen LogP contribution in [0.5, 0.6) is 0 Å². The van der Waals surface area contributed by atoms with E-state index < -0.39 is 12.1 Å². The summed E-state index contributed by atoms with van der Waals surface area (Å²) in [5, 5.41) is 18.3. The fourth-order valence-corrected chi connectivity index (χ4v) is 1.84. The lowest BCUT2D eigenvalue weighted by Gasteiger charge is -2.12. The molecular formula is C10H12N2O3. The van der Waals surface area contributed by atoms with Gasteiger partial charge in [0.1, 0.15) is 0 Å². The molecule has 0 bridgehead atoms. The third-order valence-corrected chi connectivity index (χ3v) is 2.57. The zero-order valence-corrected chi connectivity index (χ0v) is 8.29. The highest BCUT2D eigenvalue weighted by atomic mass is 16.4. The molecule has 0 aliphatic heterocycles. The quantitative estimate of drug-likeness (QED) is 0.703. The molecule has 2 atom stereocenters. The summed E-state index contributed by atoms with van der Waals surface area (Å²) in [6, 6.07) is -0.104. The number of hydrogen-bond acceptors (Lipinski definition) is 3. The number of rotatable bonds is 2. The van der Waals surface area contributed by atoms with Crippen molar-refractivity contribution in [2.45, 2.75) is 25.5 Å². The Morgan fingerprint density at radius 3 is 2.87 bits per heavy atom. The number of aromatic carboxylic acids is 1. The molecule has 1 aromatic rings. The van der Waals surface area contributed by atoms with Crippen LogP contribution in [0.2, 0.25) is 0 Å². The second-order valence-corrected chi connectivity index (χ2v) is 3.65. The molecule has 0 radical (unpaired) electrons. The van der Waals surface area contributed by atoms with Gasteiger partial charge in [-0.2, -0.15) is 0 Å². The zero-order valence-electron chi connectivity index (χ0n) is 8.29. The number of allylic oxidation sites excluding steroid dienone is 1. The molecule has 0 amide bonds. The van der Waals surface area contributed by atoms with Crippen LogP contribution in [0.3, 0.4) is 0 Å².